The lowest BCUT2D eigenvalue weighted by Gasteiger charge is -2.26. The molecule has 0 spiro atoms. The smallest absolute Gasteiger partial charge is 0.248 e. The van der Waals surface area contributed by atoms with Gasteiger partial charge in [-0.2, -0.15) is 10.1 Å². The summed E-state index contributed by atoms with van der Waals surface area (Å²) in [7, 11) is 0. The number of rotatable bonds is 8. The average Bonchev–Trinajstić information content (AvgIpc) is 3.98. The lowest BCUT2D eigenvalue weighted by molar-refractivity contribution is -0.461. The zero-order chi connectivity index (χ0) is 37.4. The van der Waals surface area contributed by atoms with Gasteiger partial charge in [0, 0.05) is 39.0 Å². The van der Waals surface area contributed by atoms with Crippen LogP contribution in [0.1, 0.15) is 113 Å². The Labute approximate surface area is 316 Å². The minimum Gasteiger partial charge on any atom is -0.456 e. The minimum atomic E-state index is -0.0583. The van der Waals surface area contributed by atoms with Crippen molar-refractivity contribution in [3.8, 4) is 16.8 Å². The highest BCUT2D eigenvalue weighted by Crippen LogP contribution is 2.43. The van der Waals surface area contributed by atoms with Gasteiger partial charge in [-0.05, 0) is 93.5 Å². The summed E-state index contributed by atoms with van der Waals surface area (Å²) in [5.74, 6) is 1.56. The molecule has 6 nitrogen and oxygen atoms in total. The van der Waals surface area contributed by atoms with Gasteiger partial charge in [0.25, 0.3) is 0 Å². The predicted octanol–water partition coefficient (Wildman–Crippen LogP) is 13.2. The first-order chi connectivity index (χ1) is 26.1. The standard InChI is InChI=1S/C48H46N4O2/c1-27(2)34-11-9-12-35(28(3)4)45(34)31-23-50-52(25-31)33-16-18-42-39(22-33)48-44(54-42)20-19-43-47(48)38-21-32(15-17-41(38)53-43)51-26-49-24-40(51)46-36(29(5)6)13-10-14-37(46)30(7)8/h9-25,27-30,40H,1-8H3. The molecule has 4 heterocycles. The van der Waals surface area contributed by atoms with Crippen molar-refractivity contribution < 1.29 is 13.4 Å². The Hall–Kier alpha value is -5.75. The number of benzene rings is 5. The molecule has 5 aromatic carbocycles. The van der Waals surface area contributed by atoms with Crippen LogP contribution in [-0.2, 0) is 0 Å². The molecule has 0 fully saturated rings. The number of hydrogen-bond donors (Lipinski definition) is 0. The lowest BCUT2D eigenvalue weighted by atomic mass is 9.85. The Morgan fingerprint density at radius 3 is 1.76 bits per heavy atom. The summed E-state index contributed by atoms with van der Waals surface area (Å²) in [6.45, 7) is 18.1. The summed E-state index contributed by atoms with van der Waals surface area (Å²) in [5, 5.41) is 9.03. The maximum absolute atomic E-state index is 6.51. The number of fused-ring (bicyclic) bond motifs is 7. The number of nitrogens with zero attached hydrogens (tertiary/aromatic N) is 4. The highest BCUT2D eigenvalue weighted by Gasteiger charge is 2.27. The van der Waals surface area contributed by atoms with Crippen LogP contribution < -0.4 is 0 Å². The van der Waals surface area contributed by atoms with Gasteiger partial charge < -0.3 is 13.4 Å². The molecule has 0 bridgehead atoms. The van der Waals surface area contributed by atoms with E-state index in [0.717, 1.165) is 60.8 Å². The second-order valence-corrected chi connectivity index (χ2v) is 16.0. The molecule has 0 amide bonds. The van der Waals surface area contributed by atoms with Gasteiger partial charge in [0.1, 0.15) is 28.4 Å². The van der Waals surface area contributed by atoms with Gasteiger partial charge in [0.15, 0.2) is 0 Å². The normalized spacial score (nSPS) is 14.8. The Bertz CT molecular complexity index is 2750. The van der Waals surface area contributed by atoms with Crippen LogP contribution >= 0.6 is 0 Å². The molecule has 1 aliphatic rings. The highest BCUT2D eigenvalue weighted by atomic mass is 16.3. The molecule has 0 radical (unpaired) electrons. The van der Waals surface area contributed by atoms with E-state index in [0.29, 0.717) is 23.7 Å². The molecular weight excluding hydrogens is 665 g/mol. The van der Waals surface area contributed by atoms with E-state index >= 15 is 0 Å². The monoisotopic (exact) mass is 710 g/mol. The summed E-state index contributed by atoms with van der Waals surface area (Å²) < 4.78 is 17.2. The van der Waals surface area contributed by atoms with E-state index in [1.54, 1.807) is 0 Å². The Balaban J connectivity index is 1.18. The molecule has 0 saturated heterocycles. The molecular formula is C48H46N4O2. The quantitative estimate of drug-likeness (QED) is 0.116. The molecule has 270 valence electrons. The predicted molar refractivity (Wildman–Crippen MR) is 223 cm³/mol. The molecule has 3 aromatic heterocycles. The van der Waals surface area contributed by atoms with E-state index < -0.39 is 0 Å². The topological polar surface area (TPSA) is 59.5 Å². The van der Waals surface area contributed by atoms with Crippen LogP contribution in [0, 0.1) is 0 Å². The van der Waals surface area contributed by atoms with Crippen molar-refractivity contribution in [2.75, 3.05) is 0 Å². The van der Waals surface area contributed by atoms with E-state index in [1.165, 1.54) is 33.4 Å². The van der Waals surface area contributed by atoms with Crippen LogP contribution in [0.15, 0.2) is 111 Å². The van der Waals surface area contributed by atoms with Crippen molar-refractivity contribution in [2.45, 2.75) is 85.1 Å². The molecule has 0 aliphatic carbocycles. The third-order valence-corrected chi connectivity index (χ3v) is 11.2. The number of aliphatic imine (C=N–C) groups is 1. The van der Waals surface area contributed by atoms with Gasteiger partial charge in [-0.3, -0.25) is 0 Å². The maximum Gasteiger partial charge on any atom is 0.248 e. The zero-order valence-electron chi connectivity index (χ0n) is 32.3. The Kier molecular flexibility index (Phi) is 8.18. The van der Waals surface area contributed by atoms with Gasteiger partial charge in [-0.25, -0.2) is 4.68 Å². The van der Waals surface area contributed by atoms with Crippen LogP contribution in [-0.4, -0.2) is 26.9 Å². The van der Waals surface area contributed by atoms with E-state index in [-0.39, 0.29) is 6.04 Å². The van der Waals surface area contributed by atoms with Gasteiger partial charge in [0.2, 0.25) is 6.34 Å². The third kappa shape index (κ3) is 5.41. The second-order valence-electron chi connectivity index (χ2n) is 16.0. The summed E-state index contributed by atoms with van der Waals surface area (Å²) in [6.07, 6.45) is 9.51. The summed E-state index contributed by atoms with van der Waals surface area (Å²) in [4.78, 5) is 4.60. The van der Waals surface area contributed by atoms with E-state index in [1.807, 2.05) is 29.2 Å². The highest BCUT2D eigenvalue weighted by molar-refractivity contribution is 6.26. The van der Waals surface area contributed by atoms with E-state index in [9.17, 15) is 0 Å². The SMILES string of the molecule is CC(C)c1cccc(C(C)C)c1-c1cnn(-c2ccc3oc4ccc5oc6ccc([N+]7=[C-]N=CC7c7c(C(C)C)cccc7C(C)C)cc6c5c4c3c2)c1. The molecule has 1 atom stereocenters. The Morgan fingerprint density at radius 2 is 1.17 bits per heavy atom. The first kappa shape index (κ1) is 34.0. The van der Waals surface area contributed by atoms with Crippen LogP contribution in [0.4, 0.5) is 5.69 Å². The second kappa shape index (κ2) is 13.0. The van der Waals surface area contributed by atoms with Crippen LogP contribution in [0.5, 0.6) is 0 Å². The third-order valence-electron chi connectivity index (χ3n) is 11.2. The van der Waals surface area contributed by atoms with Crippen LogP contribution in [0.25, 0.3) is 60.7 Å². The molecule has 0 N–H and O–H groups in total. The van der Waals surface area contributed by atoms with Crippen LogP contribution in [0.2, 0.25) is 0 Å². The summed E-state index contributed by atoms with van der Waals surface area (Å²) in [5.41, 5.74) is 14.4. The lowest BCUT2D eigenvalue weighted by Crippen LogP contribution is -2.17. The molecule has 1 aliphatic heterocycles. The van der Waals surface area contributed by atoms with Crippen molar-refractivity contribution in [1.29, 1.82) is 0 Å². The van der Waals surface area contributed by atoms with Crippen molar-refractivity contribution in [1.82, 2.24) is 9.78 Å². The minimum absolute atomic E-state index is 0.0583. The van der Waals surface area contributed by atoms with E-state index in [2.05, 4.69) is 150 Å². The number of aromatic nitrogens is 2. The van der Waals surface area contributed by atoms with Gasteiger partial charge in [-0.1, -0.05) is 104 Å². The van der Waals surface area contributed by atoms with Gasteiger partial charge in [0.05, 0.1) is 18.1 Å². The fourth-order valence-electron chi connectivity index (χ4n) is 8.55. The molecule has 0 saturated carbocycles. The fraction of sp³-hybridized carbons (Fsp3) is 0.271. The van der Waals surface area contributed by atoms with Gasteiger partial charge in [-0.15, -0.1) is 0 Å². The van der Waals surface area contributed by atoms with Crippen molar-refractivity contribution in [2.24, 2.45) is 4.99 Å². The maximum atomic E-state index is 6.51. The molecule has 54 heavy (non-hydrogen) atoms. The zero-order valence-corrected chi connectivity index (χ0v) is 32.3. The van der Waals surface area contributed by atoms with E-state index in [4.69, 9.17) is 13.9 Å². The van der Waals surface area contributed by atoms with Crippen molar-refractivity contribution in [3.05, 3.63) is 125 Å². The first-order valence-corrected chi connectivity index (χ1v) is 19.3. The number of furan rings is 2. The van der Waals surface area contributed by atoms with Crippen molar-refractivity contribution >= 4 is 62.1 Å². The summed E-state index contributed by atoms with van der Waals surface area (Å²) in [6, 6.07) is 30.1. The fourth-order valence-corrected chi connectivity index (χ4v) is 8.55. The van der Waals surface area contributed by atoms with Crippen LogP contribution in [0.3, 0.4) is 0 Å². The number of hydrogen-bond acceptors (Lipinski definition) is 4. The largest absolute Gasteiger partial charge is 0.456 e. The molecule has 9 rings (SSSR count). The average molecular weight is 711 g/mol. The molecule has 8 aromatic rings. The first-order valence-electron chi connectivity index (χ1n) is 19.3. The Morgan fingerprint density at radius 1 is 0.630 bits per heavy atom. The van der Waals surface area contributed by atoms with Crippen molar-refractivity contribution in [3.63, 3.8) is 0 Å². The molecule has 1 unspecified atom stereocenters. The van der Waals surface area contributed by atoms with Gasteiger partial charge >= 0.3 is 0 Å². The molecule has 6 heteroatoms. The summed E-state index contributed by atoms with van der Waals surface area (Å²) >= 11 is 0.